The largest absolute Gasteiger partial charge is 0.478 e. The van der Waals surface area contributed by atoms with Crippen molar-refractivity contribution < 1.29 is 14.3 Å². The van der Waals surface area contributed by atoms with Gasteiger partial charge in [0.1, 0.15) is 5.82 Å². The number of halogens is 1. The molecule has 0 aromatic heterocycles. The molecule has 1 aromatic carbocycles. The van der Waals surface area contributed by atoms with E-state index in [0.717, 1.165) is 6.42 Å². The standard InChI is InChI=1S/C15H20FNO2/c1-9-4-3-5-14(10(9)2)17-11-6-7-13(16)12(8-11)15(18)19/h6-10,14,17H,3-5H2,1-2H3,(H,18,19). The Labute approximate surface area is 112 Å². The molecule has 1 saturated carbocycles. The van der Waals surface area contributed by atoms with Crippen molar-refractivity contribution >= 4 is 11.7 Å². The zero-order chi connectivity index (χ0) is 14.0. The van der Waals surface area contributed by atoms with Crippen LogP contribution in [0, 0.1) is 17.7 Å². The molecule has 104 valence electrons. The van der Waals surface area contributed by atoms with Crippen LogP contribution >= 0.6 is 0 Å². The number of benzene rings is 1. The van der Waals surface area contributed by atoms with E-state index in [-0.39, 0.29) is 5.56 Å². The van der Waals surface area contributed by atoms with Gasteiger partial charge in [0, 0.05) is 11.7 Å². The molecule has 2 rings (SSSR count). The number of anilines is 1. The maximum Gasteiger partial charge on any atom is 0.338 e. The van der Waals surface area contributed by atoms with Crippen molar-refractivity contribution in [1.29, 1.82) is 0 Å². The fourth-order valence-corrected chi connectivity index (χ4v) is 2.78. The molecule has 3 atom stereocenters. The minimum absolute atomic E-state index is 0.276. The number of nitrogens with one attached hydrogen (secondary N) is 1. The van der Waals surface area contributed by atoms with Gasteiger partial charge in [0.25, 0.3) is 0 Å². The number of carboxylic acids is 1. The minimum atomic E-state index is -1.23. The lowest BCUT2D eigenvalue weighted by Crippen LogP contribution is -2.35. The maximum atomic E-state index is 13.3. The van der Waals surface area contributed by atoms with Gasteiger partial charge < -0.3 is 10.4 Å². The van der Waals surface area contributed by atoms with E-state index in [1.165, 1.54) is 25.0 Å². The lowest BCUT2D eigenvalue weighted by atomic mass is 9.78. The second kappa shape index (κ2) is 5.59. The maximum absolute atomic E-state index is 13.3. The van der Waals surface area contributed by atoms with Gasteiger partial charge in [-0.05, 0) is 36.5 Å². The topological polar surface area (TPSA) is 49.3 Å². The van der Waals surface area contributed by atoms with Crippen LogP contribution in [0.4, 0.5) is 10.1 Å². The third-order valence-electron chi connectivity index (χ3n) is 4.26. The van der Waals surface area contributed by atoms with Gasteiger partial charge in [-0.3, -0.25) is 0 Å². The molecule has 1 fully saturated rings. The van der Waals surface area contributed by atoms with Crippen molar-refractivity contribution in [2.75, 3.05) is 5.32 Å². The minimum Gasteiger partial charge on any atom is -0.478 e. The molecule has 2 N–H and O–H groups in total. The SMILES string of the molecule is CC1CCCC(Nc2ccc(F)c(C(=O)O)c2)C1C. The summed E-state index contributed by atoms with van der Waals surface area (Å²) in [7, 11) is 0. The first-order valence-corrected chi connectivity index (χ1v) is 6.78. The van der Waals surface area contributed by atoms with Crippen LogP contribution in [0.2, 0.25) is 0 Å². The number of carboxylic acid groups (broad SMARTS) is 1. The Morgan fingerprint density at radius 1 is 1.37 bits per heavy atom. The summed E-state index contributed by atoms with van der Waals surface area (Å²) in [6, 6.07) is 4.52. The summed E-state index contributed by atoms with van der Waals surface area (Å²) in [5, 5.41) is 12.3. The summed E-state index contributed by atoms with van der Waals surface area (Å²) in [6.07, 6.45) is 3.49. The van der Waals surface area contributed by atoms with Crippen LogP contribution in [0.25, 0.3) is 0 Å². The first kappa shape index (κ1) is 13.8. The molecule has 3 nitrogen and oxygen atoms in total. The molecular weight excluding hydrogens is 245 g/mol. The Balaban J connectivity index is 2.15. The Morgan fingerprint density at radius 2 is 2.11 bits per heavy atom. The molecule has 0 amide bonds. The molecule has 4 heteroatoms. The van der Waals surface area contributed by atoms with E-state index in [4.69, 9.17) is 5.11 Å². The molecule has 1 aliphatic rings. The van der Waals surface area contributed by atoms with Gasteiger partial charge >= 0.3 is 5.97 Å². The van der Waals surface area contributed by atoms with Crippen LogP contribution in [0.5, 0.6) is 0 Å². The van der Waals surface area contributed by atoms with Gasteiger partial charge in [-0.15, -0.1) is 0 Å². The van der Waals surface area contributed by atoms with Crippen molar-refractivity contribution in [2.24, 2.45) is 11.8 Å². The second-order valence-corrected chi connectivity index (χ2v) is 5.52. The predicted octanol–water partition coefficient (Wildman–Crippen LogP) is 3.76. The highest BCUT2D eigenvalue weighted by Crippen LogP contribution is 2.31. The monoisotopic (exact) mass is 265 g/mol. The van der Waals surface area contributed by atoms with E-state index in [9.17, 15) is 9.18 Å². The first-order valence-electron chi connectivity index (χ1n) is 6.78. The second-order valence-electron chi connectivity index (χ2n) is 5.52. The number of hydrogen-bond acceptors (Lipinski definition) is 2. The van der Waals surface area contributed by atoms with Gasteiger partial charge in [0.2, 0.25) is 0 Å². The van der Waals surface area contributed by atoms with Crippen molar-refractivity contribution in [3.05, 3.63) is 29.6 Å². The molecule has 0 aliphatic heterocycles. The average Bonchev–Trinajstić information content (AvgIpc) is 2.37. The lowest BCUT2D eigenvalue weighted by Gasteiger charge is -2.35. The molecule has 19 heavy (non-hydrogen) atoms. The quantitative estimate of drug-likeness (QED) is 0.874. The fraction of sp³-hybridized carbons (Fsp3) is 0.533. The number of hydrogen-bond donors (Lipinski definition) is 2. The van der Waals surface area contributed by atoms with E-state index in [1.807, 2.05) is 0 Å². The van der Waals surface area contributed by atoms with Crippen molar-refractivity contribution in [1.82, 2.24) is 0 Å². The molecule has 0 bridgehead atoms. The summed E-state index contributed by atoms with van der Waals surface area (Å²) in [4.78, 5) is 10.9. The number of carbonyl (C=O) groups is 1. The highest BCUT2D eigenvalue weighted by atomic mass is 19.1. The Kier molecular flexibility index (Phi) is 4.08. The molecule has 1 aromatic rings. The highest BCUT2D eigenvalue weighted by Gasteiger charge is 2.27. The normalized spacial score (nSPS) is 27.0. The lowest BCUT2D eigenvalue weighted by molar-refractivity contribution is 0.0692. The van der Waals surface area contributed by atoms with Crippen LogP contribution in [0.1, 0.15) is 43.5 Å². The third kappa shape index (κ3) is 3.06. The summed E-state index contributed by atoms with van der Waals surface area (Å²) in [5.41, 5.74) is 0.409. The van der Waals surface area contributed by atoms with E-state index in [0.29, 0.717) is 23.6 Å². The molecule has 0 heterocycles. The van der Waals surface area contributed by atoms with Crippen LogP contribution in [0.15, 0.2) is 18.2 Å². The average molecular weight is 265 g/mol. The molecule has 1 aliphatic carbocycles. The zero-order valence-corrected chi connectivity index (χ0v) is 11.3. The van der Waals surface area contributed by atoms with E-state index in [1.54, 1.807) is 6.07 Å². The zero-order valence-electron chi connectivity index (χ0n) is 11.3. The summed E-state index contributed by atoms with van der Waals surface area (Å²) >= 11 is 0. The van der Waals surface area contributed by atoms with Crippen LogP contribution in [-0.2, 0) is 0 Å². The molecule has 0 spiro atoms. The van der Waals surface area contributed by atoms with Gasteiger partial charge in [0.15, 0.2) is 0 Å². The number of aromatic carboxylic acids is 1. The van der Waals surface area contributed by atoms with Gasteiger partial charge in [-0.25, -0.2) is 9.18 Å². The Hall–Kier alpha value is -1.58. The Bertz CT molecular complexity index is 475. The van der Waals surface area contributed by atoms with Crippen LogP contribution in [-0.4, -0.2) is 17.1 Å². The van der Waals surface area contributed by atoms with E-state index >= 15 is 0 Å². The fourth-order valence-electron chi connectivity index (χ4n) is 2.78. The molecular formula is C15H20FNO2. The van der Waals surface area contributed by atoms with Crippen molar-refractivity contribution in [2.45, 2.75) is 39.2 Å². The smallest absolute Gasteiger partial charge is 0.338 e. The summed E-state index contributed by atoms with van der Waals surface area (Å²) < 4.78 is 13.3. The van der Waals surface area contributed by atoms with E-state index in [2.05, 4.69) is 19.2 Å². The highest BCUT2D eigenvalue weighted by molar-refractivity contribution is 5.89. The molecule has 0 saturated heterocycles. The van der Waals surface area contributed by atoms with Crippen molar-refractivity contribution in [3.63, 3.8) is 0 Å². The van der Waals surface area contributed by atoms with Gasteiger partial charge in [0.05, 0.1) is 5.56 Å². The van der Waals surface area contributed by atoms with E-state index < -0.39 is 11.8 Å². The number of rotatable bonds is 3. The van der Waals surface area contributed by atoms with Gasteiger partial charge in [-0.2, -0.15) is 0 Å². The van der Waals surface area contributed by atoms with Crippen molar-refractivity contribution in [3.8, 4) is 0 Å². The Morgan fingerprint density at radius 3 is 2.79 bits per heavy atom. The first-order chi connectivity index (χ1) is 8.99. The third-order valence-corrected chi connectivity index (χ3v) is 4.26. The summed E-state index contributed by atoms with van der Waals surface area (Å²) in [5.74, 6) is -0.730. The molecule has 3 unspecified atom stereocenters. The predicted molar refractivity (Wildman–Crippen MR) is 72.9 cm³/mol. The van der Waals surface area contributed by atoms with Crippen LogP contribution in [0.3, 0.4) is 0 Å². The van der Waals surface area contributed by atoms with Crippen LogP contribution < -0.4 is 5.32 Å². The molecule has 0 radical (unpaired) electrons. The summed E-state index contributed by atoms with van der Waals surface area (Å²) in [6.45, 7) is 4.45. The van der Waals surface area contributed by atoms with Gasteiger partial charge in [-0.1, -0.05) is 26.7 Å².